The summed E-state index contributed by atoms with van der Waals surface area (Å²) in [6.45, 7) is 6.43. The molecule has 0 saturated heterocycles. The van der Waals surface area contributed by atoms with Gasteiger partial charge in [0.15, 0.2) is 5.78 Å². The van der Waals surface area contributed by atoms with Crippen LogP contribution in [0.3, 0.4) is 0 Å². The molecule has 4 saturated carbocycles. The normalized spacial score (nSPS) is 55.7. The number of carbonyl (C=O) groups is 1. The highest BCUT2D eigenvalue weighted by Gasteiger charge is 2.65. The monoisotopic (exact) mass is 318 g/mol. The minimum atomic E-state index is -1.05. The first kappa shape index (κ1) is 16.1. The Morgan fingerprint density at radius 2 is 1.65 bits per heavy atom. The van der Waals surface area contributed by atoms with Crippen molar-refractivity contribution in [3.63, 3.8) is 0 Å². The summed E-state index contributed by atoms with van der Waals surface area (Å²) >= 11 is 0. The zero-order valence-corrected chi connectivity index (χ0v) is 15.2. The molecule has 0 heterocycles. The van der Waals surface area contributed by atoms with E-state index in [0.717, 1.165) is 30.6 Å². The first-order valence-electron chi connectivity index (χ1n) is 10.1. The SMILES string of the molecule is CC(=O)[C@]1(O)CC[C@@H]2[C@@H]3CC[C@@H]4CCCC[C@]4(C)[C@@H]3CC[C@]21C. The Morgan fingerprint density at radius 3 is 2.39 bits per heavy atom. The lowest BCUT2D eigenvalue weighted by Crippen LogP contribution is -2.58. The molecule has 2 nitrogen and oxygen atoms in total. The molecular weight excluding hydrogens is 284 g/mol. The fourth-order valence-corrected chi connectivity index (χ4v) is 7.89. The first-order valence-corrected chi connectivity index (χ1v) is 10.1. The van der Waals surface area contributed by atoms with E-state index in [9.17, 15) is 9.90 Å². The molecule has 2 heteroatoms. The molecule has 0 aliphatic heterocycles. The average Bonchev–Trinajstić information content (AvgIpc) is 2.80. The predicted octanol–water partition coefficient (Wildman–Crippen LogP) is 4.74. The van der Waals surface area contributed by atoms with Crippen LogP contribution in [0.15, 0.2) is 0 Å². The molecule has 4 aliphatic rings. The molecule has 0 aromatic carbocycles. The third-order valence-corrected chi connectivity index (χ3v) is 9.32. The number of hydrogen-bond acceptors (Lipinski definition) is 2. The van der Waals surface area contributed by atoms with E-state index in [1.165, 1.54) is 44.9 Å². The number of Topliss-reactive ketones (excluding diaryl/α,β-unsaturated/α-hetero) is 1. The van der Waals surface area contributed by atoms with Crippen LogP contribution in [0.2, 0.25) is 0 Å². The van der Waals surface area contributed by atoms with Crippen LogP contribution in [0.5, 0.6) is 0 Å². The minimum absolute atomic E-state index is 0.0125. The first-order chi connectivity index (χ1) is 10.8. The molecule has 0 aromatic heterocycles. The van der Waals surface area contributed by atoms with Crippen molar-refractivity contribution >= 4 is 5.78 Å². The van der Waals surface area contributed by atoms with Crippen molar-refractivity contribution in [2.75, 3.05) is 0 Å². The van der Waals surface area contributed by atoms with Gasteiger partial charge in [0.25, 0.3) is 0 Å². The number of hydrogen-bond donors (Lipinski definition) is 1. The van der Waals surface area contributed by atoms with Gasteiger partial charge in [-0.3, -0.25) is 4.79 Å². The van der Waals surface area contributed by atoms with Gasteiger partial charge >= 0.3 is 0 Å². The summed E-state index contributed by atoms with van der Waals surface area (Å²) in [6, 6.07) is 0. The summed E-state index contributed by atoms with van der Waals surface area (Å²) in [7, 11) is 0. The highest BCUT2D eigenvalue weighted by Crippen LogP contribution is 2.68. The summed E-state index contributed by atoms with van der Waals surface area (Å²) in [6.07, 6.45) is 12.5. The van der Waals surface area contributed by atoms with Crippen molar-refractivity contribution in [3.05, 3.63) is 0 Å². The van der Waals surface area contributed by atoms with Gasteiger partial charge in [-0.1, -0.05) is 26.7 Å². The molecule has 0 unspecified atom stereocenters. The van der Waals surface area contributed by atoms with Gasteiger partial charge in [-0.2, -0.15) is 0 Å². The molecule has 4 rings (SSSR count). The fourth-order valence-electron chi connectivity index (χ4n) is 7.89. The van der Waals surface area contributed by atoms with Crippen LogP contribution in [-0.4, -0.2) is 16.5 Å². The zero-order valence-electron chi connectivity index (χ0n) is 15.2. The Labute approximate surface area is 141 Å². The lowest BCUT2D eigenvalue weighted by atomic mass is 9.44. The third kappa shape index (κ3) is 1.94. The zero-order chi connectivity index (χ0) is 16.5. The second-order valence-electron chi connectivity index (χ2n) is 9.81. The van der Waals surface area contributed by atoms with Crippen LogP contribution in [-0.2, 0) is 4.79 Å². The molecule has 0 spiro atoms. The lowest BCUT2D eigenvalue weighted by Gasteiger charge is -2.61. The Morgan fingerprint density at radius 1 is 0.913 bits per heavy atom. The van der Waals surface area contributed by atoms with E-state index < -0.39 is 5.60 Å². The Bertz CT molecular complexity index is 514. The van der Waals surface area contributed by atoms with E-state index in [-0.39, 0.29) is 11.2 Å². The maximum atomic E-state index is 12.2. The van der Waals surface area contributed by atoms with Crippen LogP contribution in [0.25, 0.3) is 0 Å². The molecule has 1 N–H and O–H groups in total. The molecule has 4 fully saturated rings. The maximum absolute atomic E-state index is 12.2. The highest BCUT2D eigenvalue weighted by atomic mass is 16.3. The summed E-state index contributed by atoms with van der Waals surface area (Å²) < 4.78 is 0. The fraction of sp³-hybridized carbons (Fsp3) is 0.952. The molecule has 0 radical (unpaired) electrons. The smallest absolute Gasteiger partial charge is 0.161 e. The number of fused-ring (bicyclic) bond motifs is 5. The summed E-state index contributed by atoms with van der Waals surface area (Å²) in [5, 5.41) is 11.2. The molecule has 0 aromatic rings. The largest absolute Gasteiger partial charge is 0.382 e. The van der Waals surface area contributed by atoms with E-state index in [2.05, 4.69) is 13.8 Å². The van der Waals surface area contributed by atoms with Crippen molar-refractivity contribution in [2.24, 2.45) is 34.5 Å². The lowest BCUT2D eigenvalue weighted by molar-refractivity contribution is -0.167. The number of carbonyl (C=O) groups excluding carboxylic acids is 1. The highest BCUT2D eigenvalue weighted by molar-refractivity contribution is 5.86. The van der Waals surface area contributed by atoms with Crippen LogP contribution in [0.4, 0.5) is 0 Å². The van der Waals surface area contributed by atoms with E-state index in [1.807, 2.05) is 0 Å². The summed E-state index contributed by atoms with van der Waals surface area (Å²) in [5.41, 5.74) is -0.676. The third-order valence-electron chi connectivity index (χ3n) is 9.32. The van der Waals surface area contributed by atoms with Gasteiger partial charge in [-0.25, -0.2) is 0 Å². The maximum Gasteiger partial charge on any atom is 0.161 e. The number of rotatable bonds is 1. The Balaban J connectivity index is 1.67. The van der Waals surface area contributed by atoms with Crippen molar-refractivity contribution < 1.29 is 9.90 Å². The van der Waals surface area contributed by atoms with Crippen molar-refractivity contribution in [2.45, 2.75) is 90.6 Å². The Kier molecular flexibility index (Phi) is 3.55. The molecule has 7 atom stereocenters. The molecule has 0 bridgehead atoms. The van der Waals surface area contributed by atoms with Gasteiger partial charge in [0, 0.05) is 5.41 Å². The van der Waals surface area contributed by atoms with Gasteiger partial charge in [0.2, 0.25) is 0 Å². The molecule has 23 heavy (non-hydrogen) atoms. The Hall–Kier alpha value is -0.370. The van der Waals surface area contributed by atoms with Crippen LogP contribution < -0.4 is 0 Å². The molecular formula is C21H34O2. The molecule has 130 valence electrons. The standard InChI is InChI=1S/C21H34O2/c1-14(22)21(23)13-10-18-16-8-7-15-6-4-5-11-19(15,2)17(16)9-12-20(18,21)3/h15-18,23H,4-13H2,1-3H3/t15-,16+,17+,18+,19-,20+,21+/m0/s1. The van der Waals surface area contributed by atoms with Gasteiger partial charge in [-0.05, 0) is 87.4 Å². The minimum Gasteiger partial charge on any atom is -0.382 e. The number of aliphatic hydroxyl groups is 1. The van der Waals surface area contributed by atoms with Crippen LogP contribution >= 0.6 is 0 Å². The van der Waals surface area contributed by atoms with Crippen LogP contribution in [0, 0.1) is 34.5 Å². The summed E-state index contributed by atoms with van der Waals surface area (Å²) in [4.78, 5) is 12.2. The second-order valence-corrected chi connectivity index (χ2v) is 9.81. The van der Waals surface area contributed by atoms with Gasteiger partial charge in [-0.15, -0.1) is 0 Å². The second kappa shape index (κ2) is 5.07. The number of ketones is 1. The van der Waals surface area contributed by atoms with Crippen LogP contribution in [0.1, 0.15) is 85.0 Å². The van der Waals surface area contributed by atoms with E-state index in [0.29, 0.717) is 17.8 Å². The summed E-state index contributed by atoms with van der Waals surface area (Å²) in [5.74, 6) is 3.11. The van der Waals surface area contributed by atoms with Crippen molar-refractivity contribution in [1.82, 2.24) is 0 Å². The van der Waals surface area contributed by atoms with Gasteiger partial charge in [0.05, 0.1) is 0 Å². The van der Waals surface area contributed by atoms with E-state index >= 15 is 0 Å². The van der Waals surface area contributed by atoms with Crippen molar-refractivity contribution in [1.29, 1.82) is 0 Å². The van der Waals surface area contributed by atoms with Crippen molar-refractivity contribution in [3.8, 4) is 0 Å². The van der Waals surface area contributed by atoms with Gasteiger partial charge in [0.1, 0.15) is 5.60 Å². The average molecular weight is 319 g/mol. The van der Waals surface area contributed by atoms with E-state index in [1.54, 1.807) is 6.92 Å². The predicted molar refractivity (Wildman–Crippen MR) is 92.0 cm³/mol. The molecule has 0 amide bonds. The van der Waals surface area contributed by atoms with E-state index in [4.69, 9.17) is 0 Å². The van der Waals surface area contributed by atoms with Gasteiger partial charge < -0.3 is 5.11 Å². The molecule has 4 aliphatic carbocycles. The quantitative estimate of drug-likeness (QED) is 0.758. The topological polar surface area (TPSA) is 37.3 Å².